The lowest BCUT2D eigenvalue weighted by Crippen LogP contribution is -2.13. The maximum atomic E-state index is 13.0. The van der Waals surface area contributed by atoms with Gasteiger partial charge in [-0.05, 0) is 50.1 Å². The molecular weight excluding hydrogens is 205 g/mol. The third-order valence-electron chi connectivity index (χ3n) is 2.73. The highest BCUT2D eigenvalue weighted by atomic mass is 19.1. The van der Waals surface area contributed by atoms with Gasteiger partial charge in [0.05, 0.1) is 0 Å². The maximum absolute atomic E-state index is 13.0. The first-order valence-corrected chi connectivity index (χ1v) is 5.56. The predicted molar refractivity (Wildman–Crippen MR) is 62.9 cm³/mol. The second kappa shape index (κ2) is 5.75. The van der Waals surface area contributed by atoms with Crippen molar-refractivity contribution in [3.05, 3.63) is 35.1 Å². The maximum Gasteiger partial charge on any atom is 0.165 e. The van der Waals surface area contributed by atoms with E-state index in [4.69, 9.17) is 5.73 Å². The van der Waals surface area contributed by atoms with E-state index in [1.165, 1.54) is 6.07 Å². The van der Waals surface area contributed by atoms with Crippen molar-refractivity contribution in [1.82, 2.24) is 0 Å². The van der Waals surface area contributed by atoms with Crippen LogP contribution in [0.3, 0.4) is 0 Å². The average molecular weight is 223 g/mol. The number of carbonyl (C=O) groups is 1. The van der Waals surface area contributed by atoms with Crippen molar-refractivity contribution in [1.29, 1.82) is 0 Å². The van der Waals surface area contributed by atoms with Crippen LogP contribution >= 0.6 is 0 Å². The molecule has 0 radical (unpaired) electrons. The SMILES string of the molecule is Cc1cc(C(=O)C(C)CCCN)ccc1F. The van der Waals surface area contributed by atoms with E-state index in [1.54, 1.807) is 19.1 Å². The lowest BCUT2D eigenvalue weighted by molar-refractivity contribution is 0.0923. The molecule has 16 heavy (non-hydrogen) atoms. The van der Waals surface area contributed by atoms with Gasteiger partial charge < -0.3 is 5.73 Å². The summed E-state index contributed by atoms with van der Waals surface area (Å²) < 4.78 is 13.0. The molecule has 3 heteroatoms. The standard InChI is InChI=1S/C13H18FNO/c1-9(4-3-7-15)13(16)11-5-6-12(14)10(2)8-11/h5-6,8-9H,3-4,7,15H2,1-2H3. The molecule has 1 aromatic rings. The van der Waals surface area contributed by atoms with E-state index in [1.807, 2.05) is 6.92 Å². The topological polar surface area (TPSA) is 43.1 Å². The second-order valence-electron chi connectivity index (χ2n) is 4.16. The number of carbonyl (C=O) groups excluding carboxylic acids is 1. The van der Waals surface area contributed by atoms with E-state index in [9.17, 15) is 9.18 Å². The molecule has 2 N–H and O–H groups in total. The van der Waals surface area contributed by atoms with Gasteiger partial charge in [-0.2, -0.15) is 0 Å². The van der Waals surface area contributed by atoms with E-state index in [0.29, 0.717) is 17.7 Å². The summed E-state index contributed by atoms with van der Waals surface area (Å²) in [5, 5.41) is 0. The normalized spacial score (nSPS) is 12.5. The molecular formula is C13H18FNO. The largest absolute Gasteiger partial charge is 0.330 e. The smallest absolute Gasteiger partial charge is 0.165 e. The zero-order chi connectivity index (χ0) is 12.1. The minimum Gasteiger partial charge on any atom is -0.330 e. The van der Waals surface area contributed by atoms with Crippen LogP contribution in [0.15, 0.2) is 18.2 Å². The van der Waals surface area contributed by atoms with Gasteiger partial charge in [0, 0.05) is 11.5 Å². The van der Waals surface area contributed by atoms with Crippen molar-refractivity contribution >= 4 is 5.78 Å². The number of halogens is 1. The van der Waals surface area contributed by atoms with Crippen LogP contribution in [-0.4, -0.2) is 12.3 Å². The molecule has 0 bridgehead atoms. The molecule has 2 nitrogen and oxygen atoms in total. The molecule has 1 rings (SSSR count). The monoisotopic (exact) mass is 223 g/mol. The van der Waals surface area contributed by atoms with Crippen molar-refractivity contribution < 1.29 is 9.18 Å². The zero-order valence-electron chi connectivity index (χ0n) is 9.79. The van der Waals surface area contributed by atoms with Crippen molar-refractivity contribution in [3.63, 3.8) is 0 Å². The molecule has 0 aliphatic carbocycles. The molecule has 0 aliphatic rings. The third kappa shape index (κ3) is 3.14. The van der Waals surface area contributed by atoms with Gasteiger partial charge in [0.25, 0.3) is 0 Å². The van der Waals surface area contributed by atoms with Crippen LogP contribution in [0.25, 0.3) is 0 Å². The number of rotatable bonds is 5. The van der Waals surface area contributed by atoms with Gasteiger partial charge >= 0.3 is 0 Å². The minimum absolute atomic E-state index is 0.0478. The molecule has 1 aromatic carbocycles. The number of hydrogen-bond donors (Lipinski definition) is 1. The first-order valence-electron chi connectivity index (χ1n) is 5.56. The Bertz CT molecular complexity index is 376. The Hall–Kier alpha value is -1.22. The Morgan fingerprint density at radius 3 is 2.75 bits per heavy atom. The predicted octanol–water partition coefficient (Wildman–Crippen LogP) is 2.69. The van der Waals surface area contributed by atoms with Crippen LogP contribution in [0.5, 0.6) is 0 Å². The molecule has 1 atom stereocenters. The number of nitrogens with two attached hydrogens (primary N) is 1. The first kappa shape index (κ1) is 12.8. The quantitative estimate of drug-likeness (QED) is 0.780. The highest BCUT2D eigenvalue weighted by Gasteiger charge is 2.15. The Labute approximate surface area is 95.7 Å². The van der Waals surface area contributed by atoms with Gasteiger partial charge in [-0.3, -0.25) is 4.79 Å². The van der Waals surface area contributed by atoms with Crippen LogP contribution in [0.2, 0.25) is 0 Å². The van der Waals surface area contributed by atoms with Crippen molar-refractivity contribution in [2.45, 2.75) is 26.7 Å². The van der Waals surface area contributed by atoms with Gasteiger partial charge in [0.1, 0.15) is 5.82 Å². The zero-order valence-corrected chi connectivity index (χ0v) is 9.79. The molecule has 0 saturated carbocycles. The summed E-state index contributed by atoms with van der Waals surface area (Å²) in [7, 11) is 0. The summed E-state index contributed by atoms with van der Waals surface area (Å²) in [5.74, 6) is -0.254. The van der Waals surface area contributed by atoms with Crippen molar-refractivity contribution in [2.75, 3.05) is 6.54 Å². The van der Waals surface area contributed by atoms with Crippen molar-refractivity contribution in [3.8, 4) is 0 Å². The van der Waals surface area contributed by atoms with Crippen LogP contribution in [-0.2, 0) is 0 Å². The first-order chi connectivity index (χ1) is 7.56. The lowest BCUT2D eigenvalue weighted by Gasteiger charge is -2.10. The summed E-state index contributed by atoms with van der Waals surface area (Å²) in [6, 6.07) is 4.50. The third-order valence-corrected chi connectivity index (χ3v) is 2.73. The molecule has 0 amide bonds. The van der Waals surface area contributed by atoms with Crippen LogP contribution < -0.4 is 5.73 Å². The number of ketones is 1. The molecule has 0 aromatic heterocycles. The van der Waals surface area contributed by atoms with Crippen LogP contribution in [0.4, 0.5) is 4.39 Å². The molecule has 1 unspecified atom stereocenters. The van der Waals surface area contributed by atoms with Crippen LogP contribution in [0, 0.1) is 18.7 Å². The fourth-order valence-corrected chi connectivity index (χ4v) is 1.64. The summed E-state index contributed by atoms with van der Waals surface area (Å²) in [6.07, 6.45) is 1.62. The summed E-state index contributed by atoms with van der Waals surface area (Å²) in [5.41, 5.74) is 6.50. The van der Waals surface area contributed by atoms with Gasteiger partial charge in [-0.1, -0.05) is 6.92 Å². The van der Waals surface area contributed by atoms with Gasteiger partial charge in [-0.25, -0.2) is 4.39 Å². The average Bonchev–Trinajstić information content (AvgIpc) is 2.28. The number of hydrogen-bond acceptors (Lipinski definition) is 2. The summed E-state index contributed by atoms with van der Waals surface area (Å²) in [6.45, 7) is 4.15. The molecule has 0 aliphatic heterocycles. The fourth-order valence-electron chi connectivity index (χ4n) is 1.64. The molecule has 0 saturated heterocycles. The van der Waals surface area contributed by atoms with E-state index in [-0.39, 0.29) is 17.5 Å². The Morgan fingerprint density at radius 1 is 1.50 bits per heavy atom. The molecule has 0 spiro atoms. The molecule has 88 valence electrons. The van der Waals surface area contributed by atoms with Crippen molar-refractivity contribution in [2.24, 2.45) is 11.7 Å². The van der Waals surface area contributed by atoms with E-state index in [2.05, 4.69) is 0 Å². The number of aryl methyl sites for hydroxylation is 1. The van der Waals surface area contributed by atoms with E-state index >= 15 is 0 Å². The highest BCUT2D eigenvalue weighted by molar-refractivity contribution is 5.97. The van der Waals surface area contributed by atoms with Crippen LogP contribution in [0.1, 0.15) is 35.7 Å². The minimum atomic E-state index is -0.272. The Morgan fingerprint density at radius 2 is 2.19 bits per heavy atom. The van der Waals surface area contributed by atoms with Gasteiger partial charge in [0.2, 0.25) is 0 Å². The van der Waals surface area contributed by atoms with E-state index < -0.39 is 0 Å². The van der Waals surface area contributed by atoms with Gasteiger partial charge in [0.15, 0.2) is 5.78 Å². The number of Topliss-reactive ketones (excluding diaryl/α,β-unsaturated/α-hetero) is 1. The number of benzene rings is 1. The Kier molecular flexibility index (Phi) is 4.62. The second-order valence-corrected chi connectivity index (χ2v) is 4.16. The fraction of sp³-hybridized carbons (Fsp3) is 0.462. The Balaban J connectivity index is 2.76. The van der Waals surface area contributed by atoms with E-state index in [0.717, 1.165) is 12.8 Å². The van der Waals surface area contributed by atoms with Gasteiger partial charge in [-0.15, -0.1) is 0 Å². The summed E-state index contributed by atoms with van der Waals surface area (Å²) >= 11 is 0. The molecule has 0 fully saturated rings. The molecule has 0 heterocycles. The summed E-state index contributed by atoms with van der Waals surface area (Å²) in [4.78, 5) is 12.0. The lowest BCUT2D eigenvalue weighted by atomic mass is 9.94. The highest BCUT2D eigenvalue weighted by Crippen LogP contribution is 2.16.